The van der Waals surface area contributed by atoms with Crippen LogP contribution >= 0.6 is 24.0 Å². The molecule has 0 aromatic heterocycles. The lowest BCUT2D eigenvalue weighted by atomic mass is 10.1. The lowest BCUT2D eigenvalue weighted by molar-refractivity contribution is -0.122. The van der Waals surface area contributed by atoms with Crippen LogP contribution in [-0.4, -0.2) is 38.5 Å². The summed E-state index contributed by atoms with van der Waals surface area (Å²) in [6.45, 7) is 1.93. The highest BCUT2D eigenvalue weighted by Crippen LogP contribution is 2.28. The van der Waals surface area contributed by atoms with Gasteiger partial charge < -0.3 is 16.0 Å². The molecular weight excluding hydrogens is 410 g/mol. The van der Waals surface area contributed by atoms with Gasteiger partial charge in [-0.25, -0.2) is 4.39 Å². The normalized spacial score (nSPS) is 13.9. The van der Waals surface area contributed by atoms with Crippen LogP contribution in [0.1, 0.15) is 18.4 Å². The maximum atomic E-state index is 12.8. The molecule has 1 aliphatic carbocycles. The summed E-state index contributed by atoms with van der Waals surface area (Å²) in [6.07, 6.45) is 2.83. The smallest absolute Gasteiger partial charge is 0.223 e. The van der Waals surface area contributed by atoms with E-state index in [-0.39, 0.29) is 41.6 Å². The van der Waals surface area contributed by atoms with Crippen molar-refractivity contribution in [2.45, 2.75) is 19.3 Å². The van der Waals surface area contributed by atoms with Crippen molar-refractivity contribution in [1.82, 2.24) is 16.0 Å². The monoisotopic (exact) mass is 434 g/mol. The topological polar surface area (TPSA) is 65.5 Å². The molecule has 3 N–H and O–H groups in total. The molecule has 0 unspecified atom stereocenters. The number of carbonyl (C=O) groups excluding carboxylic acids is 1. The van der Waals surface area contributed by atoms with Gasteiger partial charge in [0.1, 0.15) is 5.82 Å². The van der Waals surface area contributed by atoms with Crippen LogP contribution in [0, 0.1) is 11.7 Å². The van der Waals surface area contributed by atoms with Crippen LogP contribution in [0.15, 0.2) is 29.3 Å². The summed E-state index contributed by atoms with van der Waals surface area (Å²) < 4.78 is 12.8. The molecular formula is C16H24FIN4O. The SMILES string of the molecule is CN=C(NCCNC(=O)C1CC1)NCCc1ccc(F)cc1.I. The molecule has 1 aliphatic rings. The predicted octanol–water partition coefficient (Wildman–Crippen LogP) is 1.68. The quantitative estimate of drug-likeness (QED) is 0.265. The maximum Gasteiger partial charge on any atom is 0.223 e. The van der Waals surface area contributed by atoms with Crippen molar-refractivity contribution < 1.29 is 9.18 Å². The van der Waals surface area contributed by atoms with E-state index in [1.54, 1.807) is 19.2 Å². The van der Waals surface area contributed by atoms with Crippen LogP contribution in [0.2, 0.25) is 0 Å². The number of halogens is 2. The van der Waals surface area contributed by atoms with E-state index in [2.05, 4.69) is 20.9 Å². The zero-order chi connectivity index (χ0) is 15.8. The summed E-state index contributed by atoms with van der Waals surface area (Å²) >= 11 is 0. The highest BCUT2D eigenvalue weighted by atomic mass is 127. The molecule has 2 rings (SSSR count). The fourth-order valence-electron chi connectivity index (χ4n) is 2.05. The second-order valence-corrected chi connectivity index (χ2v) is 5.37. The number of carbonyl (C=O) groups is 1. The van der Waals surface area contributed by atoms with Gasteiger partial charge in [0.25, 0.3) is 0 Å². The minimum absolute atomic E-state index is 0. The standard InChI is InChI=1S/C16H23FN4O.HI/c1-18-16(21-11-10-19-15(22)13-4-5-13)20-9-8-12-2-6-14(17)7-3-12;/h2-3,6-7,13H,4-5,8-11H2,1H3,(H,19,22)(H2,18,20,21);1H. The Kier molecular flexibility index (Phi) is 8.90. The van der Waals surface area contributed by atoms with Crippen molar-refractivity contribution in [2.75, 3.05) is 26.7 Å². The molecule has 0 bridgehead atoms. The molecule has 0 aliphatic heterocycles. The zero-order valence-electron chi connectivity index (χ0n) is 13.3. The molecule has 1 amide bonds. The molecule has 1 aromatic carbocycles. The molecule has 1 aromatic rings. The Bertz CT molecular complexity index is 517. The molecule has 0 spiro atoms. The molecule has 1 saturated carbocycles. The van der Waals surface area contributed by atoms with Crippen LogP contribution in [0.5, 0.6) is 0 Å². The Morgan fingerprint density at radius 3 is 2.35 bits per heavy atom. The number of hydrogen-bond acceptors (Lipinski definition) is 2. The highest BCUT2D eigenvalue weighted by Gasteiger charge is 2.28. The van der Waals surface area contributed by atoms with Gasteiger partial charge in [-0.05, 0) is 37.0 Å². The predicted molar refractivity (Wildman–Crippen MR) is 101 cm³/mol. The Hall–Kier alpha value is -1.38. The second kappa shape index (κ2) is 10.4. The molecule has 128 valence electrons. The van der Waals surface area contributed by atoms with Crippen LogP contribution in [0.25, 0.3) is 0 Å². The Morgan fingerprint density at radius 2 is 1.74 bits per heavy atom. The molecule has 5 nitrogen and oxygen atoms in total. The fourth-order valence-corrected chi connectivity index (χ4v) is 2.05. The third kappa shape index (κ3) is 7.62. The van der Waals surface area contributed by atoms with Crippen molar-refractivity contribution in [3.05, 3.63) is 35.6 Å². The van der Waals surface area contributed by atoms with Crippen LogP contribution < -0.4 is 16.0 Å². The summed E-state index contributed by atoms with van der Waals surface area (Å²) in [4.78, 5) is 15.6. The summed E-state index contributed by atoms with van der Waals surface area (Å²) in [5, 5.41) is 9.22. The van der Waals surface area contributed by atoms with Gasteiger partial charge in [0.15, 0.2) is 5.96 Å². The first-order valence-electron chi connectivity index (χ1n) is 7.65. The van der Waals surface area contributed by atoms with Gasteiger partial charge in [0.2, 0.25) is 5.91 Å². The van der Waals surface area contributed by atoms with Crippen LogP contribution in [0.4, 0.5) is 4.39 Å². The van der Waals surface area contributed by atoms with Crippen molar-refractivity contribution in [1.29, 1.82) is 0 Å². The third-order valence-corrected chi connectivity index (χ3v) is 3.51. The van der Waals surface area contributed by atoms with Gasteiger partial charge in [-0.3, -0.25) is 9.79 Å². The Balaban J connectivity index is 0.00000264. The molecule has 1 fully saturated rings. The molecule has 7 heteroatoms. The van der Waals surface area contributed by atoms with E-state index < -0.39 is 0 Å². The number of benzene rings is 1. The van der Waals surface area contributed by atoms with E-state index in [0.29, 0.717) is 25.6 Å². The summed E-state index contributed by atoms with van der Waals surface area (Å²) in [5.41, 5.74) is 1.07. The largest absolute Gasteiger partial charge is 0.356 e. The number of nitrogens with one attached hydrogen (secondary N) is 3. The van der Waals surface area contributed by atoms with Gasteiger partial charge in [-0.15, -0.1) is 24.0 Å². The van der Waals surface area contributed by atoms with Crippen molar-refractivity contribution in [3.8, 4) is 0 Å². The Labute approximate surface area is 153 Å². The molecule has 0 saturated heterocycles. The second-order valence-electron chi connectivity index (χ2n) is 5.37. The van der Waals surface area contributed by atoms with E-state index in [9.17, 15) is 9.18 Å². The summed E-state index contributed by atoms with van der Waals surface area (Å²) in [6, 6.07) is 6.48. The number of guanidine groups is 1. The first kappa shape index (κ1) is 19.7. The lowest BCUT2D eigenvalue weighted by Gasteiger charge is -2.12. The number of rotatable bonds is 7. The van der Waals surface area contributed by atoms with E-state index in [4.69, 9.17) is 0 Å². The van der Waals surface area contributed by atoms with Crippen LogP contribution in [-0.2, 0) is 11.2 Å². The first-order valence-corrected chi connectivity index (χ1v) is 7.65. The van der Waals surface area contributed by atoms with Gasteiger partial charge in [0.05, 0.1) is 0 Å². The van der Waals surface area contributed by atoms with Gasteiger partial charge in [-0.2, -0.15) is 0 Å². The Morgan fingerprint density at radius 1 is 1.13 bits per heavy atom. The van der Waals surface area contributed by atoms with E-state index >= 15 is 0 Å². The molecule has 0 heterocycles. The van der Waals surface area contributed by atoms with E-state index in [1.807, 2.05) is 0 Å². The first-order chi connectivity index (χ1) is 10.7. The van der Waals surface area contributed by atoms with Gasteiger partial charge >= 0.3 is 0 Å². The third-order valence-electron chi connectivity index (χ3n) is 3.51. The summed E-state index contributed by atoms with van der Waals surface area (Å²) in [5.74, 6) is 0.874. The van der Waals surface area contributed by atoms with Crippen LogP contribution in [0.3, 0.4) is 0 Å². The molecule has 0 atom stereocenters. The fraction of sp³-hybridized carbons (Fsp3) is 0.500. The number of amides is 1. The van der Waals surface area contributed by atoms with Crippen molar-refractivity contribution in [3.63, 3.8) is 0 Å². The van der Waals surface area contributed by atoms with Crippen molar-refractivity contribution >= 4 is 35.8 Å². The number of nitrogens with zero attached hydrogens (tertiary/aromatic N) is 1. The van der Waals surface area contributed by atoms with Crippen molar-refractivity contribution in [2.24, 2.45) is 10.9 Å². The zero-order valence-corrected chi connectivity index (χ0v) is 15.6. The van der Waals surface area contributed by atoms with E-state index in [0.717, 1.165) is 24.8 Å². The van der Waals surface area contributed by atoms with Gasteiger partial charge in [-0.1, -0.05) is 12.1 Å². The average molecular weight is 434 g/mol. The highest BCUT2D eigenvalue weighted by molar-refractivity contribution is 14.0. The number of aliphatic imine (C=N–C) groups is 1. The molecule has 23 heavy (non-hydrogen) atoms. The molecule has 0 radical (unpaired) electrons. The lowest BCUT2D eigenvalue weighted by Crippen LogP contribution is -2.42. The maximum absolute atomic E-state index is 12.8. The van der Waals surface area contributed by atoms with E-state index in [1.165, 1.54) is 12.1 Å². The average Bonchev–Trinajstić information content (AvgIpc) is 3.36. The minimum atomic E-state index is -0.220. The van der Waals surface area contributed by atoms with Gasteiger partial charge in [0, 0.05) is 32.6 Å². The minimum Gasteiger partial charge on any atom is -0.356 e. The summed E-state index contributed by atoms with van der Waals surface area (Å²) in [7, 11) is 1.70. The number of hydrogen-bond donors (Lipinski definition) is 3.